The van der Waals surface area contributed by atoms with Gasteiger partial charge in [0.05, 0.1) is 18.5 Å². The van der Waals surface area contributed by atoms with Crippen molar-refractivity contribution in [2.24, 2.45) is 34.0 Å². The van der Waals surface area contributed by atoms with Crippen LogP contribution in [0.1, 0.15) is 91.3 Å². The number of guanidine groups is 1. The highest BCUT2D eigenvalue weighted by molar-refractivity contribution is 7.98. The average Bonchev–Trinajstić information content (AvgIpc) is 4.09. The van der Waals surface area contributed by atoms with Crippen molar-refractivity contribution in [3.63, 3.8) is 0 Å². The lowest BCUT2D eigenvalue weighted by molar-refractivity contribution is -0.147. The number of rotatable bonds is 32. The third-order valence-electron chi connectivity index (χ3n) is 12.7. The molecule has 8 amide bonds. The third-order valence-corrected chi connectivity index (χ3v) is 13.4. The second-order valence-corrected chi connectivity index (χ2v) is 21.1. The topological polar surface area (TPSA) is 441 Å². The number of H-pyrrole nitrogens is 1. The Bertz CT molecular complexity index is 2350. The number of likely N-dealkylation sites (tertiary alicyclic amines) is 1. The summed E-state index contributed by atoms with van der Waals surface area (Å²) >= 11 is 1.38. The van der Waals surface area contributed by atoms with Crippen LogP contribution in [-0.2, 0) is 56.0 Å². The molecule has 1 aromatic carbocycles. The molecule has 1 aromatic heterocycles. The Hall–Kier alpha value is -7.04. The molecule has 11 atom stereocenters. The Balaban J connectivity index is 1.98. The number of aliphatic carboxylic acids is 1. The summed E-state index contributed by atoms with van der Waals surface area (Å²) < 4.78 is 0. The number of aliphatic hydroxyl groups excluding tert-OH is 2. The fourth-order valence-electron chi connectivity index (χ4n) is 8.35. The monoisotopic (exact) mass is 1120 g/mol. The van der Waals surface area contributed by atoms with Crippen molar-refractivity contribution < 1.29 is 63.6 Å². The number of aromatic amines is 1. The molecule has 18 N–H and O–H groups in total. The van der Waals surface area contributed by atoms with Gasteiger partial charge in [0.2, 0.25) is 47.3 Å². The van der Waals surface area contributed by atoms with Crippen molar-refractivity contribution in [2.45, 2.75) is 159 Å². The minimum Gasteiger partial charge on any atom is -0.508 e. The number of aliphatic imine (C=N–C) groups is 1. The quantitative estimate of drug-likeness (QED) is 0.0197. The fraction of sp³-hybridized carbons (Fsp3) is 0.620. The van der Waals surface area contributed by atoms with E-state index in [2.05, 4.69) is 52.2 Å². The largest absolute Gasteiger partial charge is 0.508 e. The molecule has 434 valence electrons. The number of carboxylic acid groups (broad SMARTS) is 1. The molecule has 0 unspecified atom stereocenters. The van der Waals surface area contributed by atoms with Crippen LogP contribution in [0.15, 0.2) is 41.8 Å². The number of aromatic hydroxyl groups is 1. The summed E-state index contributed by atoms with van der Waals surface area (Å²) in [7, 11) is 0. The zero-order valence-electron chi connectivity index (χ0n) is 45.2. The van der Waals surface area contributed by atoms with Crippen molar-refractivity contribution >= 4 is 70.9 Å². The highest BCUT2D eigenvalue weighted by Gasteiger charge is 2.42. The number of nitrogens with two attached hydrogens (primary N) is 3. The van der Waals surface area contributed by atoms with E-state index in [1.165, 1.54) is 67.3 Å². The Kier molecular flexibility index (Phi) is 26.8. The molecule has 0 radical (unpaired) electrons. The number of imidazole rings is 1. The number of nitrogens with zero attached hydrogens (tertiary/aromatic N) is 3. The first-order chi connectivity index (χ1) is 36.7. The maximum atomic E-state index is 14.7. The van der Waals surface area contributed by atoms with Gasteiger partial charge in [-0.15, -0.1) is 0 Å². The number of carboxylic acids is 1. The standard InChI is InChI=1S/C50H80N14O13S/c1-25(2)20-34(45(72)63-40(28(6)66)48(75)64-18-9-11-37(64)46(73)62-39(26(3)4)49(76)77)59-44(71)36(22-30-23-54-24-56-30)61-43(70)35(21-29-12-14-31(67)15-13-29)60-41(68)32(10-8-17-55-50(52)53)57-42(69)33(16-19-78-7)58-47(74)38(51)27(5)65/h12-15,23-28,32-40,65-67H,8-11,16-22,51H2,1-7H3,(H,54,56)(H,57,69)(H,58,74)(H,59,71)(H,60,68)(H,61,70)(H,62,73)(H,63,72)(H,76,77)(H4,52,53,55)/t27-,28-,32+,33+,34+,35+,36+,37+,38+,39+,40+/m1/s1. The van der Waals surface area contributed by atoms with Gasteiger partial charge in [0.1, 0.15) is 60.1 Å². The Morgan fingerprint density at radius 2 is 1.29 bits per heavy atom. The zero-order valence-corrected chi connectivity index (χ0v) is 46.0. The van der Waals surface area contributed by atoms with Gasteiger partial charge in [-0.25, -0.2) is 9.78 Å². The molecule has 1 aliphatic heterocycles. The molecule has 3 rings (SSSR count). The summed E-state index contributed by atoms with van der Waals surface area (Å²) in [6.45, 7) is 9.44. The van der Waals surface area contributed by atoms with Gasteiger partial charge < -0.3 is 84.7 Å². The second-order valence-electron chi connectivity index (χ2n) is 20.1. The molecule has 1 aliphatic rings. The lowest BCUT2D eigenvalue weighted by Gasteiger charge is -2.32. The highest BCUT2D eigenvalue weighted by atomic mass is 32.2. The molecule has 1 saturated heterocycles. The van der Waals surface area contributed by atoms with Gasteiger partial charge >= 0.3 is 5.97 Å². The number of amides is 8. The van der Waals surface area contributed by atoms with Gasteiger partial charge in [-0.1, -0.05) is 39.8 Å². The van der Waals surface area contributed by atoms with Crippen LogP contribution in [0.2, 0.25) is 0 Å². The summed E-state index contributed by atoms with van der Waals surface area (Å²) in [5, 5.41) is 58.8. The molecule has 28 heteroatoms. The number of hydrogen-bond acceptors (Lipinski definition) is 16. The van der Waals surface area contributed by atoms with Crippen LogP contribution in [0.5, 0.6) is 5.75 Å². The molecule has 27 nitrogen and oxygen atoms in total. The summed E-state index contributed by atoms with van der Waals surface area (Å²) in [5.74, 6) is -8.58. The average molecular weight is 1120 g/mol. The van der Waals surface area contributed by atoms with E-state index < -0.39 is 126 Å². The van der Waals surface area contributed by atoms with Gasteiger partial charge in [0.15, 0.2) is 5.96 Å². The van der Waals surface area contributed by atoms with Gasteiger partial charge in [-0.2, -0.15) is 11.8 Å². The van der Waals surface area contributed by atoms with E-state index in [0.29, 0.717) is 23.4 Å². The molecule has 2 heterocycles. The molecule has 0 saturated carbocycles. The first-order valence-corrected chi connectivity index (χ1v) is 27.2. The van der Waals surface area contributed by atoms with E-state index in [1.54, 1.807) is 34.0 Å². The SMILES string of the molecule is CSCC[C@H](NC(=O)[C@@H](N)[C@@H](C)O)C(=O)N[C@@H](CCCN=C(N)N)C(=O)N[C@@H](Cc1ccc(O)cc1)C(=O)N[C@@H](Cc1cnc[nH]1)C(=O)N[C@@H](CC(C)C)C(=O)N[C@H](C(=O)N1CCC[C@H]1C(=O)N[C@H](C(=O)O)C(C)C)[C@@H](C)O. The normalized spacial score (nSPS) is 17.1. The molecule has 0 aliphatic carbocycles. The van der Waals surface area contributed by atoms with Gasteiger partial charge in [0.25, 0.3) is 0 Å². The second kappa shape index (κ2) is 32.0. The lowest BCUT2D eigenvalue weighted by atomic mass is 10.00. The van der Waals surface area contributed by atoms with Crippen LogP contribution in [-0.4, -0.2) is 186 Å². The van der Waals surface area contributed by atoms with Crippen molar-refractivity contribution in [3.05, 3.63) is 48.0 Å². The maximum absolute atomic E-state index is 14.7. The number of nitrogens with one attached hydrogen (secondary N) is 8. The van der Waals surface area contributed by atoms with Crippen molar-refractivity contribution in [1.82, 2.24) is 52.1 Å². The number of benzene rings is 1. The first-order valence-electron chi connectivity index (χ1n) is 25.8. The maximum Gasteiger partial charge on any atom is 0.326 e. The van der Waals surface area contributed by atoms with Crippen LogP contribution in [0.25, 0.3) is 0 Å². The zero-order chi connectivity index (χ0) is 58.4. The minimum absolute atomic E-state index is 0.00541. The summed E-state index contributed by atoms with van der Waals surface area (Å²) in [5.41, 5.74) is 17.7. The molecule has 0 spiro atoms. The number of aliphatic hydroxyl groups is 2. The van der Waals surface area contributed by atoms with Crippen molar-refractivity contribution in [3.8, 4) is 5.75 Å². The predicted molar refractivity (Wildman–Crippen MR) is 289 cm³/mol. The van der Waals surface area contributed by atoms with E-state index in [0.717, 1.165) is 0 Å². The fourth-order valence-corrected chi connectivity index (χ4v) is 8.82. The smallest absolute Gasteiger partial charge is 0.326 e. The molecular formula is C50H80N14O13S. The summed E-state index contributed by atoms with van der Waals surface area (Å²) in [4.78, 5) is 136. The van der Waals surface area contributed by atoms with Gasteiger partial charge in [-0.05, 0) is 93.9 Å². The number of carbonyl (C=O) groups excluding carboxylic acids is 8. The highest BCUT2D eigenvalue weighted by Crippen LogP contribution is 2.21. The molecule has 2 aromatic rings. The van der Waals surface area contributed by atoms with Crippen LogP contribution in [0.4, 0.5) is 0 Å². The number of aromatic nitrogens is 2. The van der Waals surface area contributed by atoms with Crippen LogP contribution in [0.3, 0.4) is 0 Å². The van der Waals surface area contributed by atoms with Crippen molar-refractivity contribution in [1.29, 1.82) is 0 Å². The lowest BCUT2D eigenvalue weighted by Crippen LogP contribution is -2.62. The van der Waals surface area contributed by atoms with Gasteiger partial charge in [0, 0.05) is 37.8 Å². The summed E-state index contributed by atoms with van der Waals surface area (Å²) in [6.07, 6.45) is 2.04. The molecule has 1 fully saturated rings. The van der Waals surface area contributed by atoms with E-state index in [9.17, 15) is 63.6 Å². The Morgan fingerprint density at radius 1 is 0.744 bits per heavy atom. The first kappa shape index (κ1) is 65.2. The number of phenols is 1. The molecular weight excluding hydrogens is 1040 g/mol. The molecule has 0 bridgehead atoms. The molecule has 78 heavy (non-hydrogen) atoms. The van der Waals surface area contributed by atoms with Crippen molar-refractivity contribution in [2.75, 3.05) is 25.1 Å². The van der Waals surface area contributed by atoms with E-state index >= 15 is 0 Å². The minimum atomic E-state index is -1.61. The van der Waals surface area contributed by atoms with E-state index in [4.69, 9.17) is 17.2 Å². The predicted octanol–water partition coefficient (Wildman–Crippen LogP) is -3.03. The number of carbonyl (C=O) groups is 9. The van der Waals surface area contributed by atoms with E-state index in [-0.39, 0.29) is 75.7 Å². The summed E-state index contributed by atoms with van der Waals surface area (Å²) in [6, 6.07) is -6.52. The number of thioether (sulfide) groups is 1. The van der Waals surface area contributed by atoms with Crippen LogP contribution in [0, 0.1) is 11.8 Å². The third kappa shape index (κ3) is 21.1. The number of phenolic OH excluding ortho intramolecular Hbond substituents is 1. The Morgan fingerprint density at radius 3 is 1.82 bits per heavy atom. The van der Waals surface area contributed by atoms with Crippen LogP contribution < -0.4 is 54.4 Å². The Labute approximate surface area is 457 Å². The number of hydrogen-bond donors (Lipinski definition) is 15. The van der Waals surface area contributed by atoms with Crippen LogP contribution >= 0.6 is 11.8 Å². The van der Waals surface area contributed by atoms with E-state index in [1.807, 2.05) is 0 Å². The van der Waals surface area contributed by atoms with Gasteiger partial charge in [-0.3, -0.25) is 43.3 Å².